The molecule has 1 aromatic carbocycles. The van der Waals surface area contributed by atoms with Gasteiger partial charge in [0.25, 0.3) is 0 Å². The number of aryl methyl sites for hydroxylation is 1. The molecular weight excluding hydrogens is 323 g/mol. The first-order valence-corrected chi connectivity index (χ1v) is 8.71. The van der Waals surface area contributed by atoms with Gasteiger partial charge in [-0.3, -0.25) is 4.79 Å². The molecule has 118 valence electrons. The molecule has 0 bridgehead atoms. The van der Waals surface area contributed by atoms with Gasteiger partial charge in [0.05, 0.1) is 0 Å². The van der Waals surface area contributed by atoms with Crippen molar-refractivity contribution in [1.82, 2.24) is 14.8 Å². The van der Waals surface area contributed by atoms with Gasteiger partial charge < -0.3 is 10.3 Å². The SMILES string of the molecule is Cn1c(CCC(N)=O)nnc1SCCSc1ccccc1F. The number of aromatic nitrogens is 3. The van der Waals surface area contributed by atoms with E-state index in [2.05, 4.69) is 10.2 Å². The summed E-state index contributed by atoms with van der Waals surface area (Å²) in [5.74, 6) is 1.77. The lowest BCUT2D eigenvalue weighted by Gasteiger charge is -2.04. The van der Waals surface area contributed by atoms with Crippen LogP contribution < -0.4 is 5.73 Å². The van der Waals surface area contributed by atoms with Crippen LogP contribution in [0.1, 0.15) is 12.2 Å². The monoisotopic (exact) mass is 340 g/mol. The molecule has 22 heavy (non-hydrogen) atoms. The molecule has 0 saturated carbocycles. The molecule has 0 saturated heterocycles. The average molecular weight is 340 g/mol. The Morgan fingerprint density at radius 2 is 2.00 bits per heavy atom. The summed E-state index contributed by atoms with van der Waals surface area (Å²) in [6.07, 6.45) is 0.753. The zero-order valence-electron chi connectivity index (χ0n) is 12.2. The number of thioether (sulfide) groups is 2. The molecule has 2 aromatic rings. The molecule has 0 spiro atoms. The van der Waals surface area contributed by atoms with Crippen LogP contribution in [0.25, 0.3) is 0 Å². The lowest BCUT2D eigenvalue weighted by molar-refractivity contribution is -0.118. The minimum atomic E-state index is -0.349. The number of amides is 1. The van der Waals surface area contributed by atoms with Crippen molar-refractivity contribution in [3.8, 4) is 0 Å². The molecule has 2 rings (SSSR count). The molecule has 0 atom stereocenters. The fourth-order valence-electron chi connectivity index (χ4n) is 1.77. The fourth-order valence-corrected chi connectivity index (χ4v) is 3.62. The van der Waals surface area contributed by atoms with Crippen molar-refractivity contribution in [2.75, 3.05) is 11.5 Å². The molecule has 1 amide bonds. The zero-order valence-corrected chi connectivity index (χ0v) is 13.8. The maximum absolute atomic E-state index is 13.5. The van der Waals surface area contributed by atoms with Crippen LogP contribution in [-0.2, 0) is 18.3 Å². The second-order valence-electron chi connectivity index (χ2n) is 4.55. The van der Waals surface area contributed by atoms with E-state index in [1.165, 1.54) is 17.8 Å². The lowest BCUT2D eigenvalue weighted by atomic mass is 10.3. The topological polar surface area (TPSA) is 73.8 Å². The Balaban J connectivity index is 1.80. The van der Waals surface area contributed by atoms with E-state index in [4.69, 9.17) is 5.73 Å². The molecule has 0 aliphatic carbocycles. The van der Waals surface area contributed by atoms with Crippen LogP contribution in [0.2, 0.25) is 0 Å². The van der Waals surface area contributed by atoms with E-state index in [9.17, 15) is 9.18 Å². The largest absolute Gasteiger partial charge is 0.370 e. The lowest BCUT2D eigenvalue weighted by Crippen LogP contribution is -2.12. The Morgan fingerprint density at radius 1 is 1.27 bits per heavy atom. The summed E-state index contributed by atoms with van der Waals surface area (Å²) in [5, 5.41) is 8.94. The number of carbonyl (C=O) groups excluding carboxylic acids is 1. The van der Waals surface area contributed by atoms with Gasteiger partial charge in [-0.1, -0.05) is 23.9 Å². The highest BCUT2D eigenvalue weighted by atomic mass is 32.2. The van der Waals surface area contributed by atoms with Crippen LogP contribution in [-0.4, -0.2) is 32.2 Å². The van der Waals surface area contributed by atoms with Crippen molar-refractivity contribution in [3.63, 3.8) is 0 Å². The number of halogens is 1. The third kappa shape index (κ3) is 4.74. The van der Waals surface area contributed by atoms with Gasteiger partial charge in [-0.2, -0.15) is 0 Å². The first-order chi connectivity index (χ1) is 10.6. The Kier molecular flexibility index (Phi) is 6.26. The van der Waals surface area contributed by atoms with Crippen molar-refractivity contribution in [2.45, 2.75) is 22.9 Å². The first kappa shape index (κ1) is 16.8. The summed E-state index contributed by atoms with van der Waals surface area (Å²) in [7, 11) is 1.86. The van der Waals surface area contributed by atoms with Crippen molar-refractivity contribution in [3.05, 3.63) is 35.9 Å². The Hall–Kier alpha value is -1.54. The normalized spacial score (nSPS) is 10.8. The number of carbonyl (C=O) groups is 1. The molecule has 8 heteroatoms. The summed E-state index contributed by atoms with van der Waals surface area (Å²) in [6, 6.07) is 6.74. The third-order valence-electron chi connectivity index (χ3n) is 2.93. The minimum absolute atomic E-state index is 0.190. The van der Waals surface area contributed by atoms with E-state index < -0.39 is 0 Å². The maximum Gasteiger partial charge on any atom is 0.217 e. The third-order valence-corrected chi connectivity index (χ3v) is 5.26. The summed E-state index contributed by atoms with van der Waals surface area (Å²) in [6.45, 7) is 0. The number of nitrogens with two attached hydrogens (primary N) is 1. The summed E-state index contributed by atoms with van der Waals surface area (Å²) in [4.78, 5) is 11.4. The molecule has 1 heterocycles. The average Bonchev–Trinajstić information content (AvgIpc) is 2.84. The van der Waals surface area contributed by atoms with Crippen LogP contribution in [0.3, 0.4) is 0 Å². The Morgan fingerprint density at radius 3 is 2.73 bits per heavy atom. The van der Waals surface area contributed by atoms with E-state index in [1.54, 1.807) is 23.9 Å². The number of hydrogen-bond donors (Lipinski definition) is 1. The van der Waals surface area contributed by atoms with Crippen molar-refractivity contribution in [1.29, 1.82) is 0 Å². The number of rotatable bonds is 8. The predicted molar refractivity (Wildman–Crippen MR) is 86.4 cm³/mol. The van der Waals surface area contributed by atoms with Crippen molar-refractivity contribution in [2.24, 2.45) is 12.8 Å². The van der Waals surface area contributed by atoms with Gasteiger partial charge >= 0.3 is 0 Å². The van der Waals surface area contributed by atoms with Crippen LogP contribution in [0.4, 0.5) is 4.39 Å². The quantitative estimate of drug-likeness (QED) is 0.589. The summed E-state index contributed by atoms with van der Waals surface area (Å²) < 4.78 is 15.3. The molecular formula is C14H17FN4OS2. The van der Waals surface area contributed by atoms with Gasteiger partial charge in [0.15, 0.2) is 5.16 Å². The van der Waals surface area contributed by atoms with E-state index in [0.29, 0.717) is 11.3 Å². The standard InChI is InChI=1S/C14H17FN4OS2/c1-19-13(7-6-12(16)20)17-18-14(19)22-9-8-21-11-5-3-2-4-10(11)15/h2-5H,6-9H2,1H3,(H2,16,20). The number of primary amides is 1. The molecule has 0 aliphatic rings. The van der Waals surface area contributed by atoms with E-state index >= 15 is 0 Å². The smallest absolute Gasteiger partial charge is 0.217 e. The molecule has 0 radical (unpaired) electrons. The molecule has 0 unspecified atom stereocenters. The molecule has 0 fully saturated rings. The van der Waals surface area contributed by atoms with E-state index in [-0.39, 0.29) is 18.1 Å². The number of hydrogen-bond acceptors (Lipinski definition) is 5. The number of benzene rings is 1. The second-order valence-corrected chi connectivity index (χ2v) is 6.75. The van der Waals surface area contributed by atoms with E-state index in [1.807, 2.05) is 17.7 Å². The zero-order chi connectivity index (χ0) is 15.9. The molecule has 1 aromatic heterocycles. The van der Waals surface area contributed by atoms with E-state index in [0.717, 1.165) is 22.5 Å². The van der Waals surface area contributed by atoms with Gasteiger partial charge in [0.2, 0.25) is 5.91 Å². The predicted octanol–water partition coefficient (Wildman–Crippen LogP) is 2.26. The van der Waals surface area contributed by atoms with Gasteiger partial charge in [0.1, 0.15) is 11.6 Å². The van der Waals surface area contributed by atoms with Gasteiger partial charge in [-0.05, 0) is 12.1 Å². The van der Waals surface area contributed by atoms with Gasteiger partial charge in [0, 0.05) is 36.3 Å². The fraction of sp³-hybridized carbons (Fsp3) is 0.357. The highest BCUT2D eigenvalue weighted by molar-refractivity contribution is 8.02. The van der Waals surface area contributed by atoms with Gasteiger partial charge in [-0.15, -0.1) is 22.0 Å². The molecule has 2 N–H and O–H groups in total. The van der Waals surface area contributed by atoms with Crippen LogP contribution >= 0.6 is 23.5 Å². The van der Waals surface area contributed by atoms with Crippen molar-refractivity contribution >= 4 is 29.4 Å². The minimum Gasteiger partial charge on any atom is -0.370 e. The Bertz CT molecular complexity index is 648. The number of nitrogens with zero attached hydrogens (tertiary/aromatic N) is 3. The van der Waals surface area contributed by atoms with Gasteiger partial charge in [-0.25, -0.2) is 4.39 Å². The maximum atomic E-state index is 13.5. The highest BCUT2D eigenvalue weighted by Gasteiger charge is 2.10. The van der Waals surface area contributed by atoms with Crippen LogP contribution in [0.15, 0.2) is 34.3 Å². The van der Waals surface area contributed by atoms with Crippen LogP contribution in [0.5, 0.6) is 0 Å². The Labute approximate surface area is 136 Å². The molecule has 0 aliphatic heterocycles. The van der Waals surface area contributed by atoms with Crippen molar-refractivity contribution < 1.29 is 9.18 Å². The summed E-state index contributed by atoms with van der Waals surface area (Å²) >= 11 is 3.04. The second kappa shape index (κ2) is 8.19. The first-order valence-electron chi connectivity index (χ1n) is 6.74. The molecule has 5 nitrogen and oxygen atoms in total. The summed E-state index contributed by atoms with van der Waals surface area (Å²) in [5.41, 5.74) is 5.13. The van der Waals surface area contributed by atoms with Crippen LogP contribution in [0, 0.1) is 5.82 Å². The highest BCUT2D eigenvalue weighted by Crippen LogP contribution is 2.24.